The number of nitrogens with zero attached hydrogens (tertiary/aromatic N) is 2. The summed E-state index contributed by atoms with van der Waals surface area (Å²) in [6, 6.07) is 2.16. The Morgan fingerprint density at radius 1 is 1.24 bits per heavy atom. The van der Waals surface area contributed by atoms with Crippen LogP contribution >= 0.6 is 7.60 Å². The van der Waals surface area contributed by atoms with Gasteiger partial charge in [-0.2, -0.15) is 0 Å². The van der Waals surface area contributed by atoms with Crippen molar-refractivity contribution >= 4 is 35.3 Å². The van der Waals surface area contributed by atoms with E-state index in [1.165, 1.54) is 0 Å². The molecule has 3 aromatic rings. The molecule has 0 unspecified atom stereocenters. The van der Waals surface area contributed by atoms with Crippen LogP contribution in [0.15, 0.2) is 12.1 Å². The first-order valence-electron chi connectivity index (χ1n) is 7.74. The third-order valence-electron chi connectivity index (χ3n) is 3.77. The number of hydrogen-bond donors (Lipinski definition) is 4. The van der Waals surface area contributed by atoms with Gasteiger partial charge in [0.15, 0.2) is 17.5 Å². The van der Waals surface area contributed by atoms with Crippen molar-refractivity contribution in [3.8, 4) is 0 Å². The van der Waals surface area contributed by atoms with E-state index >= 15 is 0 Å². The summed E-state index contributed by atoms with van der Waals surface area (Å²) in [4.78, 5) is 29.5. The summed E-state index contributed by atoms with van der Waals surface area (Å²) in [6.07, 6.45) is 0.558. The van der Waals surface area contributed by atoms with Crippen LogP contribution in [0.4, 0.5) is 14.6 Å². The number of aromatic amines is 1. The maximum absolute atomic E-state index is 13.6. The molecule has 0 saturated carbocycles. The zero-order valence-corrected chi connectivity index (χ0v) is 14.3. The van der Waals surface area contributed by atoms with Crippen LogP contribution in [0.5, 0.6) is 0 Å². The first kappa shape index (κ1) is 17.7. The monoisotopic (exact) mass is 370 g/mol. The molecule has 1 aromatic carbocycles. The van der Waals surface area contributed by atoms with Gasteiger partial charge in [-0.15, -0.1) is 0 Å². The van der Waals surface area contributed by atoms with Gasteiger partial charge in [0, 0.05) is 24.4 Å². The standard InChI is InChI=1S/C15H17F2N4O3P/c1-2-12-20-13-8-6-9(16)10(17)7-11(8)19-14(13)15(21-12)18-4-3-5-25(22,23)24/h6-7,19H,2-5H2,1H3,(H,18,20,21)(H2,22,23,24). The first-order valence-corrected chi connectivity index (χ1v) is 9.54. The quantitative estimate of drug-likeness (QED) is 0.392. The highest BCUT2D eigenvalue weighted by molar-refractivity contribution is 7.51. The van der Waals surface area contributed by atoms with Gasteiger partial charge in [0.25, 0.3) is 0 Å². The Kier molecular flexibility index (Phi) is 4.73. The number of halogens is 2. The number of rotatable bonds is 6. The molecule has 134 valence electrons. The second kappa shape index (κ2) is 6.67. The van der Waals surface area contributed by atoms with Crippen LogP contribution in [0.3, 0.4) is 0 Å². The molecule has 2 heterocycles. The van der Waals surface area contributed by atoms with Gasteiger partial charge < -0.3 is 20.1 Å². The van der Waals surface area contributed by atoms with Crippen molar-refractivity contribution in [2.75, 3.05) is 18.0 Å². The van der Waals surface area contributed by atoms with E-state index in [0.29, 0.717) is 46.5 Å². The van der Waals surface area contributed by atoms with Crippen LogP contribution in [0, 0.1) is 11.6 Å². The van der Waals surface area contributed by atoms with Gasteiger partial charge in [-0.1, -0.05) is 6.92 Å². The molecule has 0 radical (unpaired) electrons. The summed E-state index contributed by atoms with van der Waals surface area (Å²) in [5.41, 5.74) is 1.36. The summed E-state index contributed by atoms with van der Waals surface area (Å²) in [5.74, 6) is -0.958. The maximum Gasteiger partial charge on any atom is 0.325 e. The minimum absolute atomic E-state index is 0.238. The van der Waals surface area contributed by atoms with Gasteiger partial charge >= 0.3 is 7.60 Å². The number of H-pyrrole nitrogens is 1. The molecule has 0 bridgehead atoms. The van der Waals surface area contributed by atoms with Crippen molar-refractivity contribution in [2.24, 2.45) is 0 Å². The van der Waals surface area contributed by atoms with Crippen molar-refractivity contribution in [1.82, 2.24) is 15.0 Å². The normalized spacial score (nSPS) is 12.2. The van der Waals surface area contributed by atoms with Crippen molar-refractivity contribution in [3.63, 3.8) is 0 Å². The average molecular weight is 370 g/mol. The molecule has 0 spiro atoms. The number of aromatic nitrogens is 3. The van der Waals surface area contributed by atoms with Crippen LogP contribution in [0.25, 0.3) is 21.9 Å². The minimum Gasteiger partial charge on any atom is -0.368 e. The highest BCUT2D eigenvalue weighted by Crippen LogP contribution is 2.35. The Hall–Kier alpha value is -2.09. The fraction of sp³-hybridized carbons (Fsp3) is 0.333. The van der Waals surface area contributed by atoms with Crippen LogP contribution in [0.2, 0.25) is 0 Å². The number of nitrogens with one attached hydrogen (secondary N) is 2. The second-order valence-corrected chi connectivity index (χ2v) is 7.45. The summed E-state index contributed by atoms with van der Waals surface area (Å²) in [5, 5.41) is 3.46. The third-order valence-corrected chi connectivity index (χ3v) is 4.66. The third kappa shape index (κ3) is 3.78. The molecule has 0 aliphatic rings. The van der Waals surface area contributed by atoms with E-state index in [0.717, 1.165) is 12.1 Å². The molecule has 0 aliphatic heterocycles. The number of anilines is 1. The fourth-order valence-corrected chi connectivity index (χ4v) is 3.15. The van der Waals surface area contributed by atoms with E-state index in [9.17, 15) is 13.3 Å². The van der Waals surface area contributed by atoms with Gasteiger partial charge in [-0.05, 0) is 12.5 Å². The zero-order valence-electron chi connectivity index (χ0n) is 13.4. The van der Waals surface area contributed by atoms with E-state index in [1.54, 1.807) is 0 Å². The van der Waals surface area contributed by atoms with Crippen molar-refractivity contribution in [2.45, 2.75) is 19.8 Å². The number of aryl methyl sites for hydroxylation is 1. The Bertz CT molecular complexity index is 986. The molecule has 25 heavy (non-hydrogen) atoms. The lowest BCUT2D eigenvalue weighted by molar-refractivity contribution is 0.372. The Morgan fingerprint density at radius 2 is 1.96 bits per heavy atom. The van der Waals surface area contributed by atoms with Crippen molar-refractivity contribution in [3.05, 3.63) is 29.6 Å². The first-order chi connectivity index (χ1) is 11.8. The molecular formula is C15H17F2N4O3P. The molecule has 0 atom stereocenters. The summed E-state index contributed by atoms with van der Waals surface area (Å²) in [7, 11) is -4.05. The SMILES string of the molecule is CCc1nc(NCCCP(=O)(O)O)c2[nH]c3cc(F)c(F)cc3c2n1. The van der Waals surface area contributed by atoms with Gasteiger partial charge in [-0.3, -0.25) is 4.57 Å². The second-order valence-electron chi connectivity index (χ2n) is 5.67. The molecule has 7 nitrogen and oxygen atoms in total. The van der Waals surface area contributed by atoms with Crippen LogP contribution in [0.1, 0.15) is 19.2 Å². The van der Waals surface area contributed by atoms with Crippen molar-refractivity contribution in [1.29, 1.82) is 0 Å². The number of hydrogen-bond acceptors (Lipinski definition) is 4. The van der Waals surface area contributed by atoms with Crippen LogP contribution < -0.4 is 5.32 Å². The predicted molar refractivity (Wildman–Crippen MR) is 90.7 cm³/mol. The zero-order chi connectivity index (χ0) is 18.2. The van der Waals surface area contributed by atoms with Gasteiger partial charge in [-0.25, -0.2) is 18.7 Å². The molecule has 0 aliphatic carbocycles. The molecule has 0 saturated heterocycles. The molecule has 10 heteroatoms. The van der Waals surface area contributed by atoms with E-state index in [2.05, 4.69) is 20.3 Å². The lowest BCUT2D eigenvalue weighted by Crippen LogP contribution is -2.08. The molecule has 3 rings (SSSR count). The summed E-state index contributed by atoms with van der Waals surface area (Å²) in [6.45, 7) is 2.16. The highest BCUT2D eigenvalue weighted by atomic mass is 31.2. The smallest absolute Gasteiger partial charge is 0.325 e. The topological polar surface area (TPSA) is 111 Å². The molecule has 0 fully saturated rings. The molecule has 0 amide bonds. The molecular weight excluding hydrogens is 353 g/mol. The summed E-state index contributed by atoms with van der Waals surface area (Å²) >= 11 is 0. The van der Waals surface area contributed by atoms with Crippen molar-refractivity contribution < 1.29 is 23.1 Å². The van der Waals surface area contributed by atoms with Crippen LogP contribution in [-0.4, -0.2) is 37.4 Å². The molecule has 4 N–H and O–H groups in total. The fourth-order valence-electron chi connectivity index (χ4n) is 2.58. The maximum atomic E-state index is 13.6. The lowest BCUT2D eigenvalue weighted by atomic mass is 10.2. The number of fused-ring (bicyclic) bond motifs is 3. The highest BCUT2D eigenvalue weighted by Gasteiger charge is 2.16. The molecule has 2 aromatic heterocycles. The van der Waals surface area contributed by atoms with Gasteiger partial charge in [0.2, 0.25) is 0 Å². The minimum atomic E-state index is -4.05. The van der Waals surface area contributed by atoms with E-state index in [1.807, 2.05) is 6.92 Å². The van der Waals surface area contributed by atoms with E-state index < -0.39 is 19.2 Å². The largest absolute Gasteiger partial charge is 0.368 e. The Morgan fingerprint density at radius 3 is 2.64 bits per heavy atom. The van der Waals surface area contributed by atoms with Gasteiger partial charge in [0.1, 0.15) is 16.9 Å². The summed E-state index contributed by atoms with van der Waals surface area (Å²) < 4.78 is 37.9. The number of benzene rings is 1. The van der Waals surface area contributed by atoms with Gasteiger partial charge in [0.05, 0.1) is 11.7 Å². The lowest BCUT2D eigenvalue weighted by Gasteiger charge is -2.09. The van der Waals surface area contributed by atoms with Crippen LogP contribution in [-0.2, 0) is 11.0 Å². The van der Waals surface area contributed by atoms with E-state index in [-0.39, 0.29) is 12.6 Å². The average Bonchev–Trinajstić information content (AvgIpc) is 2.88. The van der Waals surface area contributed by atoms with E-state index in [4.69, 9.17) is 9.79 Å². The predicted octanol–water partition coefficient (Wildman–Crippen LogP) is 2.93. The Labute approximate surface area is 141 Å². The Balaban J connectivity index is 2.00.